The Hall–Kier alpha value is -1.35. The van der Waals surface area contributed by atoms with E-state index in [0.717, 1.165) is 18.4 Å². The minimum Gasteiger partial charge on any atom is -0.475 e. The van der Waals surface area contributed by atoms with E-state index in [1.165, 1.54) is 0 Å². The van der Waals surface area contributed by atoms with Crippen molar-refractivity contribution in [1.82, 2.24) is 15.6 Å². The van der Waals surface area contributed by atoms with Crippen LogP contribution in [0.2, 0.25) is 5.02 Å². The Morgan fingerprint density at radius 3 is 2.65 bits per heavy atom. The predicted octanol–water partition coefficient (Wildman–Crippen LogP) is 2.66. The molecule has 23 heavy (non-hydrogen) atoms. The van der Waals surface area contributed by atoms with E-state index in [0.29, 0.717) is 18.7 Å². The first-order chi connectivity index (χ1) is 10.9. The Labute approximate surface area is 142 Å². The van der Waals surface area contributed by atoms with Crippen LogP contribution in [0.15, 0.2) is 17.3 Å². The zero-order valence-corrected chi connectivity index (χ0v) is 14.3. The molecule has 0 amide bonds. The van der Waals surface area contributed by atoms with Crippen LogP contribution in [-0.4, -0.2) is 49.7 Å². The second kappa shape index (κ2) is 9.71. The van der Waals surface area contributed by atoms with Crippen LogP contribution < -0.4 is 15.4 Å². The molecule has 1 aromatic rings. The summed E-state index contributed by atoms with van der Waals surface area (Å²) >= 11 is 7.45. The van der Waals surface area contributed by atoms with Crippen LogP contribution in [0.5, 0.6) is 5.88 Å². The average molecular weight is 371 g/mol. The molecular formula is C13H18ClF3N4OS. The molecule has 0 aliphatic rings. The largest absolute Gasteiger partial charge is 0.475 e. The van der Waals surface area contributed by atoms with Gasteiger partial charge in [-0.05, 0) is 12.3 Å². The summed E-state index contributed by atoms with van der Waals surface area (Å²) in [6.45, 7) is 1.35. The average Bonchev–Trinajstić information content (AvgIpc) is 2.50. The van der Waals surface area contributed by atoms with Crippen molar-refractivity contribution < 1.29 is 17.9 Å². The molecule has 130 valence electrons. The van der Waals surface area contributed by atoms with Gasteiger partial charge in [0.1, 0.15) is 11.6 Å². The summed E-state index contributed by atoms with van der Waals surface area (Å²) in [6.07, 6.45) is -1.78. The number of guanidine groups is 1. The lowest BCUT2D eigenvalue weighted by Crippen LogP contribution is -2.40. The van der Waals surface area contributed by atoms with Gasteiger partial charge in [-0.2, -0.15) is 24.9 Å². The lowest BCUT2D eigenvalue weighted by atomic mass is 10.3. The van der Waals surface area contributed by atoms with Crippen LogP contribution in [-0.2, 0) is 6.18 Å². The summed E-state index contributed by atoms with van der Waals surface area (Å²) < 4.78 is 42.7. The minimum atomic E-state index is -4.48. The first-order valence-electron chi connectivity index (χ1n) is 6.67. The Bertz CT molecular complexity index is 528. The number of alkyl halides is 3. The van der Waals surface area contributed by atoms with E-state index >= 15 is 0 Å². The lowest BCUT2D eigenvalue weighted by molar-refractivity contribution is -0.137. The third-order valence-corrected chi connectivity index (χ3v) is 3.47. The van der Waals surface area contributed by atoms with Crippen molar-refractivity contribution in [2.45, 2.75) is 6.18 Å². The van der Waals surface area contributed by atoms with E-state index in [2.05, 4.69) is 20.6 Å². The van der Waals surface area contributed by atoms with E-state index in [4.69, 9.17) is 16.3 Å². The second-order valence-electron chi connectivity index (χ2n) is 4.28. The molecule has 0 saturated heterocycles. The van der Waals surface area contributed by atoms with Crippen molar-refractivity contribution in [3.05, 3.63) is 22.8 Å². The highest BCUT2D eigenvalue weighted by Crippen LogP contribution is 2.32. The van der Waals surface area contributed by atoms with Gasteiger partial charge < -0.3 is 15.4 Å². The summed E-state index contributed by atoms with van der Waals surface area (Å²) in [4.78, 5) is 7.62. The Kier molecular flexibility index (Phi) is 8.32. The van der Waals surface area contributed by atoms with Crippen molar-refractivity contribution in [3.8, 4) is 5.88 Å². The van der Waals surface area contributed by atoms with Gasteiger partial charge in [0.15, 0.2) is 5.96 Å². The molecule has 1 heterocycles. The second-order valence-corrected chi connectivity index (χ2v) is 5.67. The van der Waals surface area contributed by atoms with Crippen molar-refractivity contribution in [3.63, 3.8) is 0 Å². The Morgan fingerprint density at radius 2 is 2.09 bits per heavy atom. The number of thioether (sulfide) groups is 1. The Morgan fingerprint density at radius 1 is 1.39 bits per heavy atom. The smallest absolute Gasteiger partial charge is 0.417 e. The van der Waals surface area contributed by atoms with Crippen molar-refractivity contribution in [2.24, 2.45) is 4.99 Å². The van der Waals surface area contributed by atoms with Crippen LogP contribution in [0.25, 0.3) is 0 Å². The number of ether oxygens (including phenoxy) is 1. The third-order valence-electron chi connectivity index (χ3n) is 2.59. The SMILES string of the molecule is CN=C(NCCOc1ncc(C(F)(F)F)cc1Cl)NCCSC. The number of hydrogen-bond acceptors (Lipinski definition) is 4. The molecule has 5 nitrogen and oxygen atoms in total. The summed E-state index contributed by atoms with van der Waals surface area (Å²) in [6, 6.07) is 0.792. The van der Waals surface area contributed by atoms with Crippen LogP contribution in [0.4, 0.5) is 13.2 Å². The highest BCUT2D eigenvalue weighted by atomic mass is 35.5. The van der Waals surface area contributed by atoms with Gasteiger partial charge in [0.25, 0.3) is 0 Å². The molecule has 2 N–H and O–H groups in total. The molecule has 0 fully saturated rings. The molecule has 0 aliphatic heterocycles. The summed E-state index contributed by atoms with van der Waals surface area (Å²) in [5.74, 6) is 1.53. The fourth-order valence-corrected chi connectivity index (χ4v) is 2.02. The van der Waals surface area contributed by atoms with Crippen molar-refractivity contribution in [2.75, 3.05) is 38.8 Å². The number of pyridine rings is 1. The van der Waals surface area contributed by atoms with Gasteiger partial charge in [-0.3, -0.25) is 4.99 Å². The van der Waals surface area contributed by atoms with Crippen LogP contribution in [0.1, 0.15) is 5.56 Å². The third kappa shape index (κ3) is 7.17. The normalized spacial score (nSPS) is 12.2. The molecule has 0 aromatic carbocycles. The topological polar surface area (TPSA) is 58.5 Å². The van der Waals surface area contributed by atoms with Crippen LogP contribution in [0, 0.1) is 0 Å². The first-order valence-corrected chi connectivity index (χ1v) is 8.44. The van der Waals surface area contributed by atoms with Gasteiger partial charge in [0.2, 0.25) is 5.88 Å². The fraction of sp³-hybridized carbons (Fsp3) is 0.538. The monoisotopic (exact) mass is 370 g/mol. The van der Waals surface area contributed by atoms with Crippen LogP contribution >= 0.6 is 23.4 Å². The van der Waals surface area contributed by atoms with Crippen molar-refractivity contribution in [1.29, 1.82) is 0 Å². The maximum Gasteiger partial charge on any atom is 0.417 e. The van der Waals surface area contributed by atoms with Crippen molar-refractivity contribution >= 4 is 29.3 Å². The van der Waals surface area contributed by atoms with E-state index < -0.39 is 11.7 Å². The fourth-order valence-electron chi connectivity index (χ4n) is 1.50. The van der Waals surface area contributed by atoms with E-state index in [1.54, 1.807) is 18.8 Å². The number of aromatic nitrogens is 1. The molecule has 0 bridgehead atoms. The van der Waals surface area contributed by atoms with Gasteiger partial charge in [0, 0.05) is 25.5 Å². The molecule has 0 spiro atoms. The zero-order chi connectivity index (χ0) is 17.3. The lowest BCUT2D eigenvalue weighted by Gasteiger charge is -2.13. The number of hydrogen-bond donors (Lipinski definition) is 2. The summed E-state index contributed by atoms with van der Waals surface area (Å²) in [5, 5.41) is 5.93. The summed E-state index contributed by atoms with van der Waals surface area (Å²) in [5.41, 5.74) is -0.911. The van der Waals surface area contributed by atoms with E-state index in [9.17, 15) is 13.2 Å². The van der Waals surface area contributed by atoms with E-state index in [1.807, 2.05) is 6.26 Å². The molecule has 0 saturated carbocycles. The standard InChI is InChI=1S/C13H18ClF3N4OS/c1-18-12(20-4-6-23-2)19-3-5-22-11-10(14)7-9(8-21-11)13(15,16)17/h7-8H,3-6H2,1-2H3,(H2,18,19,20). The molecule has 1 rings (SSSR count). The van der Waals surface area contributed by atoms with Gasteiger partial charge in [0.05, 0.1) is 12.1 Å². The molecule has 0 unspecified atom stereocenters. The molecule has 1 aromatic heterocycles. The highest BCUT2D eigenvalue weighted by molar-refractivity contribution is 7.98. The van der Waals surface area contributed by atoms with E-state index in [-0.39, 0.29) is 17.5 Å². The summed E-state index contributed by atoms with van der Waals surface area (Å²) in [7, 11) is 1.64. The van der Waals surface area contributed by atoms with Gasteiger partial charge in [-0.1, -0.05) is 11.6 Å². The maximum atomic E-state index is 12.5. The number of rotatable bonds is 7. The molecule has 10 heteroatoms. The molecule has 0 aliphatic carbocycles. The highest BCUT2D eigenvalue weighted by Gasteiger charge is 2.31. The van der Waals surface area contributed by atoms with Gasteiger partial charge >= 0.3 is 6.18 Å². The minimum absolute atomic E-state index is 0.0354. The number of nitrogens with one attached hydrogen (secondary N) is 2. The first kappa shape index (κ1) is 19.7. The van der Waals surface area contributed by atoms with Crippen LogP contribution in [0.3, 0.4) is 0 Å². The quantitative estimate of drug-likeness (QED) is 0.439. The number of nitrogens with zero attached hydrogens (tertiary/aromatic N) is 2. The molecule has 0 atom stereocenters. The zero-order valence-electron chi connectivity index (χ0n) is 12.7. The number of halogens is 4. The number of aliphatic imine (C=N–C) groups is 1. The Balaban J connectivity index is 2.41. The predicted molar refractivity (Wildman–Crippen MR) is 87.5 cm³/mol. The molecular weight excluding hydrogens is 353 g/mol. The molecule has 0 radical (unpaired) electrons. The van der Waals surface area contributed by atoms with Gasteiger partial charge in [-0.25, -0.2) is 4.98 Å². The van der Waals surface area contributed by atoms with Gasteiger partial charge in [-0.15, -0.1) is 0 Å². The maximum absolute atomic E-state index is 12.5.